The maximum absolute atomic E-state index is 12.6. The van der Waals surface area contributed by atoms with Crippen LogP contribution in [0.5, 0.6) is 5.88 Å². The highest BCUT2D eigenvalue weighted by Gasteiger charge is 2.44. The number of hydrogen-bond acceptors (Lipinski definition) is 7. The predicted octanol–water partition coefficient (Wildman–Crippen LogP) is 4.61. The summed E-state index contributed by atoms with van der Waals surface area (Å²) >= 11 is 6.28. The van der Waals surface area contributed by atoms with Crippen molar-refractivity contribution in [2.45, 2.75) is 32.5 Å². The van der Waals surface area contributed by atoms with Gasteiger partial charge in [-0.2, -0.15) is 5.26 Å². The van der Waals surface area contributed by atoms with Gasteiger partial charge in [0, 0.05) is 42.9 Å². The molecule has 2 fully saturated rings. The van der Waals surface area contributed by atoms with Crippen LogP contribution in [0, 0.1) is 23.2 Å². The normalized spacial score (nSPS) is 22.3. The number of hydrogen-bond donors (Lipinski definition) is 1. The molecule has 1 aromatic heterocycles. The molecular weight excluding hydrogens is 444 g/mol. The van der Waals surface area contributed by atoms with E-state index in [9.17, 15) is 4.79 Å². The van der Waals surface area contributed by atoms with Crippen LogP contribution < -0.4 is 10.1 Å². The van der Waals surface area contributed by atoms with Crippen molar-refractivity contribution < 1.29 is 19.0 Å². The van der Waals surface area contributed by atoms with Gasteiger partial charge in [-0.25, -0.2) is 9.78 Å². The van der Waals surface area contributed by atoms with Crippen LogP contribution in [0.1, 0.15) is 26.3 Å². The number of pyridine rings is 1. The summed E-state index contributed by atoms with van der Waals surface area (Å²) in [5.74, 6) is 0.533. The molecule has 2 aliphatic rings. The molecule has 0 radical (unpaired) electrons. The maximum atomic E-state index is 12.6. The van der Waals surface area contributed by atoms with Gasteiger partial charge in [0.1, 0.15) is 11.7 Å². The molecule has 4 rings (SSSR count). The molecule has 8 nitrogen and oxygen atoms in total. The van der Waals surface area contributed by atoms with Crippen molar-refractivity contribution in [3.8, 4) is 11.9 Å². The first-order valence-corrected chi connectivity index (χ1v) is 11.2. The number of nitriles is 1. The number of likely N-dealkylation sites (tertiary alicyclic amines) is 1. The van der Waals surface area contributed by atoms with Gasteiger partial charge in [0.2, 0.25) is 5.88 Å². The van der Waals surface area contributed by atoms with Gasteiger partial charge in [0.25, 0.3) is 0 Å². The lowest BCUT2D eigenvalue weighted by Gasteiger charge is -2.46. The summed E-state index contributed by atoms with van der Waals surface area (Å²) in [5.41, 5.74) is 1.41. The second-order valence-corrected chi connectivity index (χ2v) is 9.75. The fourth-order valence-corrected chi connectivity index (χ4v) is 4.33. The van der Waals surface area contributed by atoms with Gasteiger partial charge in [-0.1, -0.05) is 11.6 Å². The van der Waals surface area contributed by atoms with Crippen molar-refractivity contribution in [3.63, 3.8) is 0 Å². The summed E-state index contributed by atoms with van der Waals surface area (Å²) in [6, 6.07) is 10.8. The second kappa shape index (κ2) is 9.46. The van der Waals surface area contributed by atoms with Crippen molar-refractivity contribution in [2.75, 3.05) is 31.6 Å². The first kappa shape index (κ1) is 23.1. The van der Waals surface area contributed by atoms with Crippen LogP contribution in [-0.2, 0) is 9.47 Å². The number of aromatic nitrogens is 1. The second-order valence-electron chi connectivity index (χ2n) is 9.34. The molecule has 2 aromatic rings. The van der Waals surface area contributed by atoms with Crippen molar-refractivity contribution in [1.29, 1.82) is 5.26 Å². The Kier molecular flexibility index (Phi) is 6.63. The molecule has 0 aliphatic carbocycles. The molecule has 1 N–H and O–H groups in total. The van der Waals surface area contributed by atoms with Crippen LogP contribution in [0.4, 0.5) is 16.2 Å². The summed E-state index contributed by atoms with van der Waals surface area (Å²) in [4.78, 5) is 18.7. The number of nitrogens with one attached hydrogen (secondary N) is 1. The Morgan fingerprint density at radius 3 is 2.61 bits per heavy atom. The van der Waals surface area contributed by atoms with Crippen LogP contribution in [-0.4, -0.2) is 54.0 Å². The number of carbonyl (C=O) groups excluding carboxylic acids is 1. The van der Waals surface area contributed by atoms with E-state index in [1.54, 1.807) is 29.3 Å². The van der Waals surface area contributed by atoms with Crippen LogP contribution in [0.2, 0.25) is 5.02 Å². The Balaban J connectivity index is 1.44. The lowest BCUT2D eigenvalue weighted by atomic mass is 9.84. The predicted molar refractivity (Wildman–Crippen MR) is 124 cm³/mol. The van der Waals surface area contributed by atoms with Gasteiger partial charge in [0.15, 0.2) is 0 Å². The molecule has 1 amide bonds. The lowest BCUT2D eigenvalue weighted by Crippen LogP contribution is -2.59. The Morgan fingerprint density at radius 2 is 1.97 bits per heavy atom. The zero-order chi connectivity index (χ0) is 23.6. The fourth-order valence-electron chi connectivity index (χ4n) is 4.10. The average molecular weight is 471 g/mol. The van der Waals surface area contributed by atoms with Gasteiger partial charge in [0.05, 0.1) is 35.6 Å². The van der Waals surface area contributed by atoms with Crippen LogP contribution >= 0.6 is 11.6 Å². The van der Waals surface area contributed by atoms with Gasteiger partial charge in [-0.15, -0.1) is 0 Å². The molecule has 2 atom stereocenters. The first-order valence-electron chi connectivity index (χ1n) is 10.9. The third-order valence-corrected chi connectivity index (χ3v) is 5.84. The summed E-state index contributed by atoms with van der Waals surface area (Å²) in [5, 5.41) is 12.7. The average Bonchev–Trinajstić information content (AvgIpc) is 2.74. The third kappa shape index (κ3) is 5.67. The number of rotatable bonds is 4. The first-order chi connectivity index (χ1) is 15.7. The van der Waals surface area contributed by atoms with Gasteiger partial charge >= 0.3 is 6.09 Å². The molecule has 33 heavy (non-hydrogen) atoms. The highest BCUT2D eigenvalue weighted by Crippen LogP contribution is 2.33. The fraction of sp³-hybridized carbons (Fsp3) is 0.458. The summed E-state index contributed by atoms with van der Waals surface area (Å²) < 4.78 is 17.6. The molecular formula is C24H27ClN4O4. The number of amides is 1. The summed E-state index contributed by atoms with van der Waals surface area (Å²) in [6.07, 6.45) is 1.25. The van der Waals surface area contributed by atoms with E-state index < -0.39 is 5.60 Å². The number of nitrogens with zero attached hydrogens (tertiary/aromatic N) is 3. The SMILES string of the molecule is CC(C)(C)OC(=O)N1CC2COCC(C1)C2Oc1cc(Nc2ccc(C#N)cc2Cl)ccn1. The van der Waals surface area contributed by atoms with Crippen molar-refractivity contribution in [2.24, 2.45) is 11.8 Å². The molecule has 0 saturated carbocycles. The van der Waals surface area contributed by atoms with E-state index in [-0.39, 0.29) is 24.0 Å². The van der Waals surface area contributed by atoms with E-state index in [2.05, 4.69) is 16.4 Å². The molecule has 174 valence electrons. The Bertz CT molecular complexity index is 1050. The van der Waals surface area contributed by atoms with Gasteiger partial charge in [-0.3, -0.25) is 0 Å². The van der Waals surface area contributed by atoms with E-state index in [4.69, 9.17) is 31.1 Å². The van der Waals surface area contributed by atoms with E-state index in [0.29, 0.717) is 48.5 Å². The standard InChI is InChI=1S/C24H27ClN4O4/c1-24(2,3)33-23(30)29-11-16-13-31-14-17(12-29)22(16)32-21-9-18(6-7-27-21)28-20-5-4-15(10-26)8-19(20)25/h4-9,16-17,22H,11-14H2,1-3H3,(H,27,28). The van der Waals surface area contributed by atoms with E-state index in [1.807, 2.05) is 32.9 Å². The summed E-state index contributed by atoms with van der Waals surface area (Å²) in [6.45, 7) is 7.63. The minimum absolute atomic E-state index is 0.0244. The zero-order valence-corrected chi connectivity index (χ0v) is 19.6. The minimum atomic E-state index is -0.536. The van der Waals surface area contributed by atoms with Gasteiger partial charge < -0.3 is 24.4 Å². The molecule has 2 unspecified atom stereocenters. The van der Waals surface area contributed by atoms with E-state index in [0.717, 1.165) is 5.69 Å². The van der Waals surface area contributed by atoms with Crippen LogP contribution in [0.25, 0.3) is 0 Å². The monoisotopic (exact) mass is 470 g/mol. The molecule has 0 spiro atoms. The molecule has 3 heterocycles. The Labute approximate surface area is 198 Å². The van der Waals surface area contributed by atoms with E-state index in [1.165, 1.54) is 0 Å². The Morgan fingerprint density at radius 1 is 1.24 bits per heavy atom. The number of piperidine rings is 1. The molecule has 2 saturated heterocycles. The molecule has 2 bridgehead atoms. The van der Waals surface area contributed by atoms with Crippen molar-refractivity contribution in [1.82, 2.24) is 9.88 Å². The number of anilines is 2. The highest BCUT2D eigenvalue weighted by molar-refractivity contribution is 6.33. The molecule has 2 aliphatic heterocycles. The number of halogens is 1. The smallest absolute Gasteiger partial charge is 0.410 e. The largest absolute Gasteiger partial charge is 0.473 e. The van der Waals surface area contributed by atoms with Crippen molar-refractivity contribution >= 4 is 29.1 Å². The highest BCUT2D eigenvalue weighted by atomic mass is 35.5. The minimum Gasteiger partial charge on any atom is -0.473 e. The lowest BCUT2D eigenvalue weighted by molar-refractivity contribution is -0.113. The van der Waals surface area contributed by atoms with E-state index >= 15 is 0 Å². The number of ether oxygens (including phenoxy) is 3. The third-order valence-electron chi connectivity index (χ3n) is 5.52. The number of fused-ring (bicyclic) bond motifs is 2. The number of carbonyl (C=O) groups is 1. The van der Waals surface area contributed by atoms with Crippen LogP contribution in [0.15, 0.2) is 36.5 Å². The zero-order valence-electron chi connectivity index (χ0n) is 18.9. The Hall–Kier alpha value is -3.02. The quantitative estimate of drug-likeness (QED) is 0.696. The topological polar surface area (TPSA) is 96.7 Å². The summed E-state index contributed by atoms with van der Waals surface area (Å²) in [7, 11) is 0. The maximum Gasteiger partial charge on any atom is 0.410 e. The van der Waals surface area contributed by atoms with Gasteiger partial charge in [-0.05, 0) is 45.0 Å². The van der Waals surface area contributed by atoms with Crippen LogP contribution in [0.3, 0.4) is 0 Å². The van der Waals surface area contributed by atoms with Crippen molar-refractivity contribution in [3.05, 3.63) is 47.1 Å². The molecule has 9 heteroatoms. The number of benzene rings is 1. The molecule has 1 aromatic carbocycles.